The summed E-state index contributed by atoms with van der Waals surface area (Å²) >= 11 is 0. The molecule has 45 heavy (non-hydrogen) atoms. The van der Waals surface area contributed by atoms with E-state index >= 15 is 0 Å². The summed E-state index contributed by atoms with van der Waals surface area (Å²) in [5.41, 5.74) is 9.54. The average Bonchev–Trinajstić information content (AvgIpc) is 3.62. The molecule has 4 heteroatoms. The van der Waals surface area contributed by atoms with Gasteiger partial charge in [0.2, 0.25) is 0 Å². The van der Waals surface area contributed by atoms with Gasteiger partial charge in [-0.25, -0.2) is 9.67 Å². The topological polar surface area (TPSA) is 35.6 Å². The van der Waals surface area contributed by atoms with Gasteiger partial charge >= 0.3 is 0 Å². The van der Waals surface area contributed by atoms with Gasteiger partial charge in [0.15, 0.2) is 0 Å². The Morgan fingerprint density at radius 2 is 1.16 bits per heavy atom. The minimum absolute atomic E-state index is 0.617. The molecule has 0 saturated carbocycles. The second-order valence-corrected chi connectivity index (χ2v) is 11.6. The summed E-state index contributed by atoms with van der Waals surface area (Å²) in [5.74, 6) is 0.900. The molecule has 0 saturated heterocycles. The number of aromatic nitrogens is 4. The van der Waals surface area contributed by atoms with Crippen LogP contribution in [0.1, 0.15) is 33.6 Å². The quantitative estimate of drug-likeness (QED) is 0.184. The second-order valence-electron chi connectivity index (χ2n) is 11.6. The normalized spacial score (nSPS) is 11.8. The molecule has 8 aromatic rings. The molecule has 0 N–H and O–H groups in total. The predicted octanol–water partition coefficient (Wildman–Crippen LogP) is 9.36. The van der Waals surface area contributed by atoms with Crippen LogP contribution >= 0.6 is 0 Å². The highest BCUT2D eigenvalue weighted by atomic mass is 15.3. The van der Waals surface area contributed by atoms with Crippen molar-refractivity contribution in [1.82, 2.24) is 19.3 Å². The number of nitrogens with zero attached hydrogens (tertiary/aromatic N) is 4. The van der Waals surface area contributed by atoms with E-state index in [-0.39, 0.29) is 0 Å². The predicted molar refractivity (Wildman–Crippen MR) is 183 cm³/mol. The molecule has 0 bridgehead atoms. The van der Waals surface area contributed by atoms with Gasteiger partial charge in [0, 0.05) is 22.7 Å². The third-order valence-corrected chi connectivity index (χ3v) is 8.93. The highest BCUT2D eigenvalue weighted by molar-refractivity contribution is 6.09. The first-order valence-electron chi connectivity index (χ1n) is 15.3. The Hall–Kier alpha value is -5.74. The van der Waals surface area contributed by atoms with Crippen molar-refractivity contribution in [2.24, 2.45) is 0 Å². The van der Waals surface area contributed by atoms with Crippen LogP contribution in [0.4, 0.5) is 0 Å². The molecule has 0 aliphatic heterocycles. The second kappa shape index (κ2) is 10.8. The van der Waals surface area contributed by atoms with E-state index < -0.39 is 5.41 Å². The molecule has 0 spiro atoms. The molecule has 216 valence electrons. The summed E-state index contributed by atoms with van der Waals surface area (Å²) in [7, 11) is 0. The maximum absolute atomic E-state index is 4.84. The number of benzene rings is 5. The van der Waals surface area contributed by atoms with Gasteiger partial charge in [-0.3, -0.25) is 4.57 Å². The van der Waals surface area contributed by atoms with Crippen LogP contribution in [0, 0.1) is 13.8 Å². The van der Waals surface area contributed by atoms with Crippen LogP contribution in [0.2, 0.25) is 0 Å². The Morgan fingerprint density at radius 1 is 0.511 bits per heavy atom. The summed E-state index contributed by atoms with van der Waals surface area (Å²) in [5, 5.41) is 7.25. The number of hydrogen-bond donors (Lipinski definition) is 0. The molecule has 0 atom stereocenters. The molecule has 0 unspecified atom stereocenters. The number of aryl methyl sites for hydroxylation is 2. The minimum atomic E-state index is -0.617. The zero-order valence-corrected chi connectivity index (χ0v) is 25.3. The number of fused-ring (bicyclic) bond motifs is 3. The first kappa shape index (κ1) is 26.9. The van der Waals surface area contributed by atoms with Crippen LogP contribution in [0.25, 0.3) is 33.3 Å². The van der Waals surface area contributed by atoms with Crippen molar-refractivity contribution >= 4 is 21.8 Å². The van der Waals surface area contributed by atoms with Gasteiger partial charge in [0.25, 0.3) is 0 Å². The van der Waals surface area contributed by atoms with E-state index in [0.29, 0.717) is 0 Å². The highest BCUT2D eigenvalue weighted by Gasteiger charge is 2.39. The van der Waals surface area contributed by atoms with Gasteiger partial charge in [-0.05, 0) is 78.6 Å². The molecular formula is C41H32N4. The van der Waals surface area contributed by atoms with Gasteiger partial charge in [-0.15, -0.1) is 0 Å². The number of rotatable bonds is 6. The van der Waals surface area contributed by atoms with Crippen LogP contribution in [0.5, 0.6) is 0 Å². The molecule has 3 aromatic heterocycles. The Kier molecular flexibility index (Phi) is 6.42. The Labute approximate surface area is 262 Å². The maximum Gasteiger partial charge on any atom is 0.137 e. The van der Waals surface area contributed by atoms with E-state index in [2.05, 4.69) is 157 Å². The van der Waals surface area contributed by atoms with Crippen LogP contribution in [-0.4, -0.2) is 19.3 Å². The van der Waals surface area contributed by atoms with Crippen LogP contribution in [0.15, 0.2) is 158 Å². The third kappa shape index (κ3) is 4.29. The third-order valence-electron chi connectivity index (χ3n) is 8.93. The van der Waals surface area contributed by atoms with Crippen LogP contribution in [-0.2, 0) is 5.41 Å². The van der Waals surface area contributed by atoms with E-state index in [1.165, 1.54) is 33.0 Å². The van der Waals surface area contributed by atoms with Crippen molar-refractivity contribution < 1.29 is 0 Å². The van der Waals surface area contributed by atoms with Gasteiger partial charge in [0.1, 0.15) is 5.82 Å². The van der Waals surface area contributed by atoms with Crippen molar-refractivity contribution in [3.63, 3.8) is 0 Å². The van der Waals surface area contributed by atoms with E-state index in [0.717, 1.165) is 33.9 Å². The van der Waals surface area contributed by atoms with Crippen molar-refractivity contribution in [3.8, 4) is 11.5 Å². The fourth-order valence-corrected chi connectivity index (χ4v) is 7.07. The Balaban J connectivity index is 1.49. The summed E-state index contributed by atoms with van der Waals surface area (Å²) < 4.78 is 4.34. The fourth-order valence-electron chi connectivity index (χ4n) is 7.07. The number of hydrogen-bond acceptors (Lipinski definition) is 2. The molecule has 0 aliphatic rings. The van der Waals surface area contributed by atoms with E-state index in [4.69, 9.17) is 10.1 Å². The van der Waals surface area contributed by atoms with Crippen LogP contribution < -0.4 is 0 Å². The van der Waals surface area contributed by atoms with E-state index in [1.807, 2.05) is 23.9 Å². The molecule has 5 aromatic carbocycles. The SMILES string of the molecule is Cc1cc(C)n(-c2cccc(C(c3ccccc3)(c3ccccc3)c3ccc4c5ccccc5n(-c5ccccn5)c4c3)c2)n1. The van der Waals surface area contributed by atoms with Crippen LogP contribution in [0.3, 0.4) is 0 Å². The van der Waals surface area contributed by atoms with Crippen molar-refractivity contribution in [2.45, 2.75) is 19.3 Å². The van der Waals surface area contributed by atoms with Crippen molar-refractivity contribution in [3.05, 3.63) is 191 Å². The lowest BCUT2D eigenvalue weighted by atomic mass is 9.65. The molecular weight excluding hydrogens is 548 g/mol. The summed E-state index contributed by atoms with van der Waals surface area (Å²) in [6, 6.07) is 54.4. The number of pyridine rings is 1. The summed E-state index contributed by atoms with van der Waals surface area (Å²) in [6.45, 7) is 4.15. The lowest BCUT2D eigenvalue weighted by Gasteiger charge is -2.37. The lowest BCUT2D eigenvalue weighted by molar-refractivity contribution is 0.740. The molecule has 4 nitrogen and oxygen atoms in total. The molecule has 0 amide bonds. The zero-order chi connectivity index (χ0) is 30.4. The first-order chi connectivity index (χ1) is 22.1. The standard InChI is InChI=1S/C41H32N4/c1-29-26-30(2)45(43-29)35-19-13-18-33(27-35)41(31-14-5-3-6-15-31,32-16-7-4-8-17-32)34-23-24-37-36-20-9-10-21-38(36)44(39(37)28-34)40-22-11-12-25-42-40/h3-28H,1-2H3. The summed E-state index contributed by atoms with van der Waals surface area (Å²) in [6.07, 6.45) is 1.86. The van der Waals surface area contributed by atoms with Crippen molar-refractivity contribution in [1.29, 1.82) is 0 Å². The monoisotopic (exact) mass is 580 g/mol. The Bertz CT molecular complexity index is 2240. The highest BCUT2D eigenvalue weighted by Crippen LogP contribution is 2.47. The number of para-hydroxylation sites is 1. The molecule has 8 rings (SSSR count). The Morgan fingerprint density at radius 3 is 1.84 bits per heavy atom. The molecule has 0 radical (unpaired) electrons. The smallest absolute Gasteiger partial charge is 0.137 e. The van der Waals surface area contributed by atoms with Gasteiger partial charge in [-0.1, -0.05) is 109 Å². The van der Waals surface area contributed by atoms with Gasteiger partial charge < -0.3 is 0 Å². The van der Waals surface area contributed by atoms with E-state index in [1.54, 1.807) is 0 Å². The molecule has 3 heterocycles. The van der Waals surface area contributed by atoms with Gasteiger partial charge in [0.05, 0.1) is 27.8 Å². The summed E-state index contributed by atoms with van der Waals surface area (Å²) in [4.78, 5) is 4.80. The minimum Gasteiger partial charge on any atom is -0.294 e. The average molecular weight is 581 g/mol. The van der Waals surface area contributed by atoms with Gasteiger partial charge in [-0.2, -0.15) is 5.10 Å². The lowest BCUT2D eigenvalue weighted by Crippen LogP contribution is -2.31. The zero-order valence-electron chi connectivity index (χ0n) is 25.3. The fraction of sp³-hybridized carbons (Fsp3) is 0.0732. The molecule has 0 fully saturated rings. The first-order valence-corrected chi connectivity index (χ1v) is 15.3. The largest absolute Gasteiger partial charge is 0.294 e. The molecule has 0 aliphatic carbocycles. The van der Waals surface area contributed by atoms with E-state index in [9.17, 15) is 0 Å². The van der Waals surface area contributed by atoms with Crippen molar-refractivity contribution in [2.75, 3.05) is 0 Å². The maximum atomic E-state index is 4.84.